The molecular formula is C39H44F2N4O5. The Morgan fingerprint density at radius 3 is 1.92 bits per heavy atom. The van der Waals surface area contributed by atoms with Gasteiger partial charge in [-0.05, 0) is 116 Å². The lowest BCUT2D eigenvalue weighted by molar-refractivity contribution is -0.114. The summed E-state index contributed by atoms with van der Waals surface area (Å²) in [6.07, 6.45) is 0.356. The van der Waals surface area contributed by atoms with Crippen molar-refractivity contribution < 1.29 is 33.0 Å². The van der Waals surface area contributed by atoms with E-state index in [4.69, 9.17) is 4.74 Å². The Kier molecular flexibility index (Phi) is 13.4. The summed E-state index contributed by atoms with van der Waals surface area (Å²) in [7, 11) is 0. The van der Waals surface area contributed by atoms with Crippen LogP contribution in [0.2, 0.25) is 0 Å². The van der Waals surface area contributed by atoms with Crippen molar-refractivity contribution >= 4 is 29.1 Å². The maximum atomic E-state index is 14.1. The predicted octanol–water partition coefficient (Wildman–Crippen LogP) is 7.10. The van der Waals surface area contributed by atoms with Gasteiger partial charge in [0, 0.05) is 55.1 Å². The van der Waals surface area contributed by atoms with Crippen LogP contribution in [0.25, 0.3) is 0 Å². The average molecular weight is 687 g/mol. The smallest absolute Gasteiger partial charge is 0.253 e. The van der Waals surface area contributed by atoms with Crippen LogP contribution in [0.15, 0.2) is 84.9 Å². The molecule has 2 atom stereocenters. The molecule has 0 saturated heterocycles. The van der Waals surface area contributed by atoms with Crippen LogP contribution in [0.4, 0.5) is 20.2 Å². The molecular weight excluding hydrogens is 642 g/mol. The minimum Gasteiger partial charge on any atom is -0.457 e. The van der Waals surface area contributed by atoms with E-state index in [1.54, 1.807) is 72.5 Å². The van der Waals surface area contributed by atoms with Crippen LogP contribution in [-0.4, -0.2) is 59.5 Å². The Labute approximate surface area is 291 Å². The zero-order valence-corrected chi connectivity index (χ0v) is 28.8. The lowest BCUT2D eigenvalue weighted by atomic mass is 9.99. The van der Waals surface area contributed by atoms with E-state index in [9.17, 15) is 28.3 Å². The largest absolute Gasteiger partial charge is 0.457 e. The first kappa shape index (κ1) is 37.5. The summed E-state index contributed by atoms with van der Waals surface area (Å²) in [5.41, 5.74) is 2.90. The molecule has 4 N–H and O–H groups in total. The van der Waals surface area contributed by atoms with Crippen molar-refractivity contribution in [3.63, 3.8) is 0 Å². The van der Waals surface area contributed by atoms with Crippen molar-refractivity contribution in [2.24, 2.45) is 0 Å². The zero-order chi connectivity index (χ0) is 36.2. The monoisotopic (exact) mass is 686 g/mol. The highest BCUT2D eigenvalue weighted by Crippen LogP contribution is 2.25. The molecule has 0 bridgehead atoms. The minimum atomic E-state index is -1.18. The minimum absolute atomic E-state index is 0.00585. The molecule has 264 valence electrons. The van der Waals surface area contributed by atoms with Gasteiger partial charge in [-0.25, -0.2) is 8.78 Å². The van der Waals surface area contributed by atoms with Crippen molar-refractivity contribution in [1.82, 2.24) is 10.2 Å². The fourth-order valence-electron chi connectivity index (χ4n) is 5.54. The summed E-state index contributed by atoms with van der Waals surface area (Å²) in [5, 5.41) is 20.0. The maximum absolute atomic E-state index is 14.1. The van der Waals surface area contributed by atoms with Crippen LogP contribution in [-0.2, 0) is 11.2 Å². The van der Waals surface area contributed by atoms with E-state index < -0.39 is 29.7 Å². The normalized spacial score (nSPS) is 12.1. The van der Waals surface area contributed by atoms with Gasteiger partial charge in [-0.3, -0.25) is 14.4 Å². The van der Waals surface area contributed by atoms with Gasteiger partial charge in [0.05, 0.1) is 12.1 Å². The molecule has 0 aliphatic rings. The molecule has 4 aromatic rings. The van der Waals surface area contributed by atoms with E-state index in [0.29, 0.717) is 47.1 Å². The Morgan fingerprint density at radius 2 is 1.36 bits per heavy atom. The van der Waals surface area contributed by atoms with Gasteiger partial charge in [-0.15, -0.1) is 0 Å². The number of hydrogen-bond acceptors (Lipinski definition) is 6. The third-order valence-electron chi connectivity index (χ3n) is 7.80. The molecule has 0 unspecified atom stereocenters. The molecule has 0 aliphatic carbocycles. The number of hydrogen-bond donors (Lipinski definition) is 4. The number of aliphatic hydroxyl groups is 1. The van der Waals surface area contributed by atoms with Crippen LogP contribution in [0.5, 0.6) is 11.5 Å². The molecule has 9 nitrogen and oxygen atoms in total. The third kappa shape index (κ3) is 11.1. The van der Waals surface area contributed by atoms with E-state index in [-0.39, 0.29) is 35.9 Å². The van der Waals surface area contributed by atoms with Gasteiger partial charge >= 0.3 is 0 Å². The predicted molar refractivity (Wildman–Crippen MR) is 191 cm³/mol. The van der Waals surface area contributed by atoms with Crippen molar-refractivity contribution in [2.45, 2.75) is 59.1 Å². The highest BCUT2D eigenvalue weighted by molar-refractivity contribution is 6.00. The quantitative estimate of drug-likeness (QED) is 0.0999. The number of aryl methyl sites for hydroxylation is 1. The van der Waals surface area contributed by atoms with Crippen LogP contribution >= 0.6 is 0 Å². The lowest BCUT2D eigenvalue weighted by Gasteiger charge is -2.26. The number of aliphatic hydroxyl groups excluding tert-OH is 1. The molecule has 3 amide bonds. The Balaban J connectivity index is 1.47. The van der Waals surface area contributed by atoms with Gasteiger partial charge in [-0.2, -0.15) is 0 Å². The lowest BCUT2D eigenvalue weighted by Crippen LogP contribution is -2.47. The second-order valence-corrected chi connectivity index (χ2v) is 12.2. The summed E-state index contributed by atoms with van der Waals surface area (Å²) in [5.74, 6) is -1.27. The fraction of sp³-hybridized carbons (Fsp3) is 0.308. The molecule has 4 rings (SSSR count). The molecule has 0 radical (unpaired) electrons. The Hall–Kier alpha value is -5.29. The molecule has 0 heterocycles. The third-order valence-corrected chi connectivity index (χ3v) is 7.80. The van der Waals surface area contributed by atoms with Crippen molar-refractivity contribution in [3.05, 3.63) is 119 Å². The summed E-state index contributed by atoms with van der Waals surface area (Å²) in [4.78, 5) is 39.9. The van der Waals surface area contributed by atoms with Crippen LogP contribution in [0.1, 0.15) is 65.5 Å². The molecule has 0 aliphatic heterocycles. The molecule has 50 heavy (non-hydrogen) atoms. The first-order valence-corrected chi connectivity index (χ1v) is 16.7. The standard InChI is InChI=1S/C39H44F2N4O5/c1-5-15-45(16-6-2)39(49)29-18-25(3)17-28(22-29)38(48)44-36(21-27-19-30(40)23-31(41)20-27)37(47)24-42-32-7-11-34(12-8-32)50-35-13-9-33(10-14-35)43-26(4)46/h7-14,17-20,22-23,36-37,42,47H,5-6,15-16,21,24H2,1-4H3,(H,43,46)(H,44,48)/t36-,37+/m0/s1. The van der Waals surface area contributed by atoms with Crippen LogP contribution < -0.4 is 20.7 Å². The van der Waals surface area contributed by atoms with Gasteiger partial charge in [0.1, 0.15) is 23.1 Å². The molecule has 0 fully saturated rings. The molecule has 11 heteroatoms. The highest BCUT2D eigenvalue weighted by Gasteiger charge is 2.24. The van der Waals surface area contributed by atoms with E-state index in [1.807, 2.05) is 13.8 Å². The van der Waals surface area contributed by atoms with Crippen molar-refractivity contribution in [3.8, 4) is 11.5 Å². The second kappa shape index (κ2) is 17.9. The SMILES string of the molecule is CCCN(CCC)C(=O)c1cc(C)cc(C(=O)N[C@@H](Cc2cc(F)cc(F)c2)[C@H](O)CNc2ccc(Oc3ccc(NC(C)=O)cc3)cc2)c1. The highest BCUT2D eigenvalue weighted by atomic mass is 19.1. The van der Waals surface area contributed by atoms with E-state index >= 15 is 0 Å². The first-order chi connectivity index (χ1) is 23.9. The van der Waals surface area contributed by atoms with E-state index in [2.05, 4.69) is 16.0 Å². The number of anilines is 2. The number of carbonyl (C=O) groups is 3. The summed E-state index contributed by atoms with van der Waals surface area (Å²) in [6, 6.07) is 21.0. The Bertz CT molecular complexity index is 1740. The second-order valence-electron chi connectivity index (χ2n) is 12.2. The number of halogens is 2. The number of benzene rings is 4. The number of nitrogens with zero attached hydrogens (tertiary/aromatic N) is 1. The first-order valence-electron chi connectivity index (χ1n) is 16.7. The van der Waals surface area contributed by atoms with Gasteiger partial charge < -0.3 is 30.7 Å². The molecule has 0 spiro atoms. The average Bonchev–Trinajstić information content (AvgIpc) is 3.07. The van der Waals surface area contributed by atoms with E-state index in [0.717, 1.165) is 31.0 Å². The van der Waals surface area contributed by atoms with E-state index in [1.165, 1.54) is 13.0 Å². The van der Waals surface area contributed by atoms with Crippen LogP contribution in [0, 0.1) is 18.6 Å². The maximum Gasteiger partial charge on any atom is 0.253 e. The zero-order valence-electron chi connectivity index (χ0n) is 28.8. The van der Waals surface area contributed by atoms with Gasteiger partial charge in [0.2, 0.25) is 5.91 Å². The number of amides is 3. The van der Waals surface area contributed by atoms with Gasteiger partial charge in [0.25, 0.3) is 11.8 Å². The molecule has 4 aromatic carbocycles. The number of nitrogens with one attached hydrogen (secondary N) is 3. The van der Waals surface area contributed by atoms with Crippen molar-refractivity contribution in [2.75, 3.05) is 30.3 Å². The Morgan fingerprint density at radius 1 is 0.800 bits per heavy atom. The van der Waals surface area contributed by atoms with Crippen molar-refractivity contribution in [1.29, 1.82) is 0 Å². The fourth-order valence-corrected chi connectivity index (χ4v) is 5.54. The summed E-state index contributed by atoms with van der Waals surface area (Å²) in [6.45, 7) is 8.41. The number of carbonyl (C=O) groups excluding carboxylic acids is 3. The summed E-state index contributed by atoms with van der Waals surface area (Å²) >= 11 is 0. The summed E-state index contributed by atoms with van der Waals surface area (Å²) < 4.78 is 34.0. The topological polar surface area (TPSA) is 120 Å². The number of rotatable bonds is 16. The van der Waals surface area contributed by atoms with Crippen LogP contribution in [0.3, 0.4) is 0 Å². The molecule has 0 aromatic heterocycles. The molecule has 0 saturated carbocycles. The van der Waals surface area contributed by atoms with Gasteiger partial charge in [-0.1, -0.05) is 13.8 Å². The van der Waals surface area contributed by atoms with Gasteiger partial charge in [0.15, 0.2) is 0 Å². The number of ether oxygens (including phenoxy) is 1.